The number of halogens is 1. The van der Waals surface area contributed by atoms with Gasteiger partial charge in [-0.1, -0.05) is 24.3 Å². The van der Waals surface area contributed by atoms with Crippen LogP contribution >= 0.6 is 24.0 Å². The molecule has 0 aromatic heterocycles. The molecule has 0 unspecified atom stereocenters. The fourth-order valence-electron chi connectivity index (χ4n) is 3.64. The molecule has 0 atom stereocenters. The smallest absolute Gasteiger partial charge is 0.251 e. The first-order chi connectivity index (χ1) is 15.7. The van der Waals surface area contributed by atoms with Crippen molar-refractivity contribution in [3.8, 4) is 0 Å². The minimum absolute atomic E-state index is 0. The molecule has 8 heteroatoms. The Bertz CT molecular complexity index is 999. The van der Waals surface area contributed by atoms with Gasteiger partial charge in [0, 0.05) is 42.8 Å². The number of anilines is 1. The van der Waals surface area contributed by atoms with Crippen LogP contribution in [0.4, 0.5) is 5.69 Å². The van der Waals surface area contributed by atoms with E-state index in [4.69, 9.17) is 0 Å². The third kappa shape index (κ3) is 8.30. The number of carbonyl (C=O) groups excluding carboxylic acids is 2. The van der Waals surface area contributed by atoms with Crippen molar-refractivity contribution < 1.29 is 9.59 Å². The Morgan fingerprint density at radius 1 is 1.06 bits per heavy atom. The van der Waals surface area contributed by atoms with E-state index in [9.17, 15) is 9.59 Å². The molecule has 1 aliphatic heterocycles. The highest BCUT2D eigenvalue weighted by molar-refractivity contribution is 14.0. The first-order valence-corrected chi connectivity index (χ1v) is 11.6. The van der Waals surface area contributed by atoms with Crippen molar-refractivity contribution in [1.29, 1.82) is 0 Å². The van der Waals surface area contributed by atoms with Crippen molar-refractivity contribution in [1.82, 2.24) is 16.0 Å². The molecule has 0 bridgehead atoms. The van der Waals surface area contributed by atoms with Gasteiger partial charge in [0.25, 0.3) is 5.91 Å². The van der Waals surface area contributed by atoms with Crippen LogP contribution in [-0.2, 0) is 17.9 Å². The number of hydrogen-bond donors (Lipinski definition) is 3. The maximum absolute atomic E-state index is 12.4. The van der Waals surface area contributed by atoms with E-state index in [-0.39, 0.29) is 41.3 Å². The van der Waals surface area contributed by atoms with Gasteiger partial charge in [-0.15, -0.1) is 24.0 Å². The summed E-state index contributed by atoms with van der Waals surface area (Å²) in [5.41, 5.74) is 3.38. The largest absolute Gasteiger partial charge is 0.357 e. The molecule has 3 N–H and O–H groups in total. The lowest BCUT2D eigenvalue weighted by molar-refractivity contribution is -0.117. The summed E-state index contributed by atoms with van der Waals surface area (Å²) >= 11 is 0. The molecule has 1 aliphatic rings. The van der Waals surface area contributed by atoms with Gasteiger partial charge in [-0.2, -0.15) is 0 Å². The fourth-order valence-corrected chi connectivity index (χ4v) is 3.64. The average molecular weight is 578 g/mol. The molecule has 7 nitrogen and oxygen atoms in total. The monoisotopic (exact) mass is 577 g/mol. The first kappa shape index (κ1) is 27.6. The molecule has 2 aromatic carbocycles. The van der Waals surface area contributed by atoms with Gasteiger partial charge in [-0.3, -0.25) is 9.59 Å². The molecule has 2 aromatic rings. The molecule has 0 spiro atoms. The molecule has 34 heavy (non-hydrogen) atoms. The van der Waals surface area contributed by atoms with E-state index in [1.165, 1.54) is 0 Å². The molecule has 0 radical (unpaired) electrons. The minimum Gasteiger partial charge on any atom is -0.357 e. The second kappa shape index (κ2) is 12.7. The fraction of sp³-hybridized carbons (Fsp3) is 0.423. The summed E-state index contributed by atoms with van der Waals surface area (Å²) < 4.78 is 0. The molecule has 0 saturated carbocycles. The molecule has 3 rings (SSSR count). The van der Waals surface area contributed by atoms with Crippen LogP contribution in [0, 0.1) is 0 Å². The van der Waals surface area contributed by atoms with Crippen LogP contribution in [0.1, 0.15) is 62.0 Å². The number of nitrogens with zero attached hydrogens (tertiary/aromatic N) is 2. The number of rotatable bonds is 7. The summed E-state index contributed by atoms with van der Waals surface area (Å²) in [6.45, 7) is 10.5. The number of aliphatic imine (C=N–C) groups is 1. The predicted octanol–water partition coefficient (Wildman–Crippen LogP) is 4.22. The van der Waals surface area contributed by atoms with Gasteiger partial charge < -0.3 is 20.9 Å². The standard InChI is InChI=1S/C26H35N5O2.HI/c1-5-27-25(28-17-19-11-13-22(14-12-19)31-15-7-10-23(31)32)29-18-20-8-6-9-21(16-20)24(33)30-26(2,3)4;/h6,8-9,11-14,16H,5,7,10,15,17-18H2,1-4H3,(H,30,33)(H2,27,28,29);1H. The molecule has 1 heterocycles. The van der Waals surface area contributed by atoms with Crippen molar-refractivity contribution in [3.63, 3.8) is 0 Å². The van der Waals surface area contributed by atoms with E-state index in [0.717, 1.165) is 36.3 Å². The summed E-state index contributed by atoms with van der Waals surface area (Å²) in [7, 11) is 0. The normalized spacial score (nSPS) is 13.9. The lowest BCUT2D eigenvalue weighted by Gasteiger charge is -2.20. The Kier molecular flexibility index (Phi) is 10.3. The Hall–Kier alpha value is -2.62. The van der Waals surface area contributed by atoms with Gasteiger partial charge in [0.05, 0.1) is 6.54 Å². The topological polar surface area (TPSA) is 85.8 Å². The van der Waals surface area contributed by atoms with E-state index in [1.807, 2.05) is 81.1 Å². The second-order valence-electron chi connectivity index (χ2n) is 9.27. The second-order valence-corrected chi connectivity index (χ2v) is 9.27. The number of carbonyl (C=O) groups is 2. The van der Waals surface area contributed by atoms with Crippen LogP contribution in [0.5, 0.6) is 0 Å². The van der Waals surface area contributed by atoms with Crippen molar-refractivity contribution in [2.45, 2.75) is 59.2 Å². The lowest BCUT2D eigenvalue weighted by atomic mass is 10.1. The van der Waals surface area contributed by atoms with Gasteiger partial charge in [0.1, 0.15) is 0 Å². The molecule has 0 aliphatic carbocycles. The molecule has 1 fully saturated rings. The molecule has 2 amide bonds. The Labute approximate surface area is 219 Å². The highest BCUT2D eigenvalue weighted by Gasteiger charge is 2.21. The molecular weight excluding hydrogens is 541 g/mol. The van der Waals surface area contributed by atoms with Crippen LogP contribution in [0.2, 0.25) is 0 Å². The van der Waals surface area contributed by atoms with E-state index >= 15 is 0 Å². The summed E-state index contributed by atoms with van der Waals surface area (Å²) in [5.74, 6) is 0.820. The van der Waals surface area contributed by atoms with Crippen molar-refractivity contribution >= 4 is 47.4 Å². The van der Waals surface area contributed by atoms with Crippen LogP contribution in [-0.4, -0.2) is 36.4 Å². The lowest BCUT2D eigenvalue weighted by Crippen LogP contribution is -2.40. The Morgan fingerprint density at radius 2 is 1.79 bits per heavy atom. The third-order valence-corrected chi connectivity index (χ3v) is 5.22. The van der Waals surface area contributed by atoms with Gasteiger partial charge in [-0.05, 0) is 69.5 Å². The summed E-state index contributed by atoms with van der Waals surface area (Å²) in [6.07, 6.45) is 1.56. The van der Waals surface area contributed by atoms with Crippen LogP contribution in [0.15, 0.2) is 53.5 Å². The van der Waals surface area contributed by atoms with E-state index < -0.39 is 0 Å². The van der Waals surface area contributed by atoms with Gasteiger partial charge in [0.15, 0.2) is 5.96 Å². The van der Waals surface area contributed by atoms with Crippen LogP contribution in [0.25, 0.3) is 0 Å². The SMILES string of the molecule is CCNC(=NCc1cccc(C(=O)NC(C)(C)C)c1)NCc1ccc(N2CCCC2=O)cc1.I. The van der Waals surface area contributed by atoms with Crippen molar-refractivity contribution in [3.05, 3.63) is 65.2 Å². The molecule has 184 valence electrons. The number of guanidine groups is 1. The number of hydrogen-bond acceptors (Lipinski definition) is 3. The predicted molar refractivity (Wildman–Crippen MR) is 149 cm³/mol. The highest BCUT2D eigenvalue weighted by atomic mass is 127. The van der Waals surface area contributed by atoms with Crippen molar-refractivity contribution in [2.24, 2.45) is 4.99 Å². The number of amides is 2. The zero-order valence-electron chi connectivity index (χ0n) is 20.5. The maximum Gasteiger partial charge on any atom is 0.251 e. The van der Waals surface area contributed by atoms with Crippen molar-refractivity contribution in [2.75, 3.05) is 18.0 Å². The van der Waals surface area contributed by atoms with E-state index in [1.54, 1.807) is 0 Å². The Balaban J connectivity index is 0.00000408. The van der Waals surface area contributed by atoms with Crippen LogP contribution in [0.3, 0.4) is 0 Å². The zero-order chi connectivity index (χ0) is 23.8. The summed E-state index contributed by atoms with van der Waals surface area (Å²) in [4.78, 5) is 30.9. The van der Waals surface area contributed by atoms with Gasteiger partial charge >= 0.3 is 0 Å². The van der Waals surface area contributed by atoms with E-state index in [2.05, 4.69) is 20.9 Å². The quantitative estimate of drug-likeness (QED) is 0.262. The highest BCUT2D eigenvalue weighted by Crippen LogP contribution is 2.21. The molecular formula is C26H36IN5O2. The van der Waals surface area contributed by atoms with Gasteiger partial charge in [0.2, 0.25) is 5.91 Å². The average Bonchev–Trinajstić information content (AvgIpc) is 3.21. The van der Waals surface area contributed by atoms with Crippen LogP contribution < -0.4 is 20.9 Å². The maximum atomic E-state index is 12.4. The summed E-state index contributed by atoms with van der Waals surface area (Å²) in [5, 5.41) is 9.60. The zero-order valence-corrected chi connectivity index (χ0v) is 22.8. The first-order valence-electron chi connectivity index (χ1n) is 11.6. The van der Waals surface area contributed by atoms with Gasteiger partial charge in [-0.25, -0.2) is 4.99 Å². The van der Waals surface area contributed by atoms with E-state index in [0.29, 0.717) is 31.0 Å². The minimum atomic E-state index is -0.282. The third-order valence-electron chi connectivity index (χ3n) is 5.22. The molecule has 1 saturated heterocycles. The number of benzene rings is 2. The summed E-state index contributed by atoms with van der Waals surface area (Å²) in [6, 6.07) is 15.6. The Morgan fingerprint density at radius 3 is 2.41 bits per heavy atom. The number of nitrogens with one attached hydrogen (secondary N) is 3.